The first-order chi connectivity index (χ1) is 14.4. The molecule has 1 saturated heterocycles. The van der Waals surface area contributed by atoms with Crippen LogP contribution in [0.1, 0.15) is 32.6 Å². The summed E-state index contributed by atoms with van der Waals surface area (Å²) in [4.78, 5) is 13.0. The van der Waals surface area contributed by atoms with Crippen molar-refractivity contribution < 1.29 is 17.9 Å². The van der Waals surface area contributed by atoms with Crippen molar-refractivity contribution in [3.8, 4) is 0 Å². The van der Waals surface area contributed by atoms with Gasteiger partial charge in [0.15, 0.2) is 0 Å². The van der Waals surface area contributed by atoms with E-state index in [-0.39, 0.29) is 15.5 Å². The lowest BCUT2D eigenvalue weighted by atomic mass is 9.99. The molecule has 8 heteroatoms. The molecule has 0 unspecified atom stereocenters. The quantitative estimate of drug-likeness (QED) is 0.605. The van der Waals surface area contributed by atoms with Crippen LogP contribution in [-0.4, -0.2) is 38.8 Å². The Balaban J connectivity index is 1.68. The van der Waals surface area contributed by atoms with Crippen LogP contribution in [0.3, 0.4) is 0 Å². The van der Waals surface area contributed by atoms with Crippen molar-refractivity contribution in [2.45, 2.75) is 47.1 Å². The summed E-state index contributed by atoms with van der Waals surface area (Å²) in [6, 6.07) is 16.3. The van der Waals surface area contributed by atoms with Gasteiger partial charge in [0.05, 0.1) is 4.90 Å². The molecule has 2 N–H and O–H groups in total. The maximum absolute atomic E-state index is 12.9. The molecule has 0 saturated carbocycles. The number of ether oxygens (including phenoxy) is 1. The minimum atomic E-state index is -3.66. The van der Waals surface area contributed by atoms with E-state index in [0.717, 1.165) is 24.2 Å². The van der Waals surface area contributed by atoms with E-state index in [0.29, 0.717) is 31.9 Å². The predicted molar refractivity (Wildman–Crippen MR) is 120 cm³/mol. The van der Waals surface area contributed by atoms with Crippen molar-refractivity contribution in [2.75, 3.05) is 25.1 Å². The van der Waals surface area contributed by atoms with Crippen molar-refractivity contribution in [1.29, 1.82) is 0 Å². The Morgan fingerprint density at radius 2 is 1.73 bits per heavy atom. The molecule has 162 valence electrons. The van der Waals surface area contributed by atoms with Gasteiger partial charge in [0.1, 0.15) is 0 Å². The van der Waals surface area contributed by atoms with Crippen molar-refractivity contribution in [3.05, 3.63) is 54.6 Å². The van der Waals surface area contributed by atoms with Crippen LogP contribution < -0.4 is 10.0 Å². The average Bonchev–Trinajstić information content (AvgIpc) is 2.74. The minimum absolute atomic E-state index is 0.0781. The van der Waals surface area contributed by atoms with Crippen molar-refractivity contribution in [3.63, 3.8) is 0 Å². The van der Waals surface area contributed by atoms with E-state index in [1.807, 2.05) is 37.3 Å². The van der Waals surface area contributed by atoms with Crippen LogP contribution in [0.4, 0.5) is 5.69 Å². The topological polar surface area (TPSA) is 84.5 Å². The normalized spacial score (nSPS) is 16.2. The summed E-state index contributed by atoms with van der Waals surface area (Å²) in [7, 11) is -3.66. The fourth-order valence-electron chi connectivity index (χ4n) is 3.27. The number of hydrogen-bond acceptors (Lipinski definition) is 5. The summed E-state index contributed by atoms with van der Waals surface area (Å²) in [5.41, 5.74) is 0.591. The van der Waals surface area contributed by atoms with Crippen LogP contribution in [0.15, 0.2) is 64.4 Å². The van der Waals surface area contributed by atoms with Gasteiger partial charge in [0.25, 0.3) is 0 Å². The van der Waals surface area contributed by atoms with Gasteiger partial charge in [-0.05, 0) is 55.7 Å². The van der Waals surface area contributed by atoms with Gasteiger partial charge in [-0.15, -0.1) is 11.8 Å². The number of benzene rings is 2. The van der Waals surface area contributed by atoms with Crippen LogP contribution in [-0.2, 0) is 19.6 Å². The molecule has 1 heterocycles. The lowest BCUT2D eigenvalue weighted by molar-refractivity contribution is -0.116. The molecule has 1 aliphatic rings. The Bertz CT molecular complexity index is 925. The number of sulfonamides is 1. The molecular weight excluding hydrogens is 420 g/mol. The SMILES string of the molecule is CCCC(=O)Nc1ccc(S(=O)(=O)NCC2(Sc3ccccc3)CCOCC2)cc1. The number of carbonyl (C=O) groups excluding carboxylic acids is 1. The molecule has 6 nitrogen and oxygen atoms in total. The van der Waals surface area contributed by atoms with Gasteiger partial charge in [-0.25, -0.2) is 13.1 Å². The molecule has 0 spiro atoms. The molecule has 2 aromatic carbocycles. The largest absolute Gasteiger partial charge is 0.381 e. The highest BCUT2D eigenvalue weighted by molar-refractivity contribution is 8.00. The smallest absolute Gasteiger partial charge is 0.240 e. The fourth-order valence-corrected chi connectivity index (χ4v) is 5.80. The zero-order valence-electron chi connectivity index (χ0n) is 17.1. The first-order valence-electron chi connectivity index (χ1n) is 10.1. The number of nitrogens with one attached hydrogen (secondary N) is 2. The number of anilines is 1. The predicted octanol–water partition coefficient (Wildman–Crippen LogP) is 4.05. The Labute approximate surface area is 182 Å². The molecule has 1 aliphatic heterocycles. The second-order valence-corrected chi connectivity index (χ2v) is 10.7. The molecule has 1 amide bonds. The second-order valence-electron chi connectivity index (χ2n) is 7.36. The maximum Gasteiger partial charge on any atom is 0.240 e. The van der Waals surface area contributed by atoms with E-state index in [1.54, 1.807) is 23.9 Å². The first kappa shape index (κ1) is 22.8. The lowest BCUT2D eigenvalue weighted by Crippen LogP contribution is -2.44. The van der Waals surface area contributed by atoms with Crippen LogP contribution in [0.2, 0.25) is 0 Å². The Hall–Kier alpha value is -1.87. The van der Waals surface area contributed by atoms with E-state index >= 15 is 0 Å². The van der Waals surface area contributed by atoms with Crippen molar-refractivity contribution in [1.82, 2.24) is 4.72 Å². The summed E-state index contributed by atoms with van der Waals surface area (Å²) in [6.07, 6.45) is 2.75. The summed E-state index contributed by atoms with van der Waals surface area (Å²) < 4.78 is 33.8. The van der Waals surface area contributed by atoms with E-state index < -0.39 is 10.0 Å². The standard InChI is InChI=1S/C22H28N2O4S2/c1-2-6-21(25)24-18-9-11-20(12-10-18)30(26,27)23-17-22(13-15-28-16-14-22)29-19-7-4-3-5-8-19/h3-5,7-12,23H,2,6,13-17H2,1H3,(H,24,25). The Kier molecular flexibility index (Phi) is 7.93. The van der Waals surface area contributed by atoms with Gasteiger partial charge in [-0.2, -0.15) is 0 Å². The molecule has 0 bridgehead atoms. The van der Waals surface area contributed by atoms with Crippen LogP contribution in [0.25, 0.3) is 0 Å². The number of rotatable bonds is 9. The van der Waals surface area contributed by atoms with Gasteiger partial charge in [0, 0.05) is 41.5 Å². The highest BCUT2D eigenvalue weighted by Gasteiger charge is 2.35. The molecular formula is C22H28N2O4S2. The van der Waals surface area contributed by atoms with Gasteiger partial charge in [-0.3, -0.25) is 4.79 Å². The molecule has 3 rings (SSSR count). The third-order valence-corrected chi connectivity index (χ3v) is 7.90. The highest BCUT2D eigenvalue weighted by Crippen LogP contribution is 2.40. The highest BCUT2D eigenvalue weighted by atomic mass is 32.2. The fraction of sp³-hybridized carbons (Fsp3) is 0.409. The maximum atomic E-state index is 12.9. The monoisotopic (exact) mass is 448 g/mol. The minimum Gasteiger partial charge on any atom is -0.381 e. The van der Waals surface area contributed by atoms with Crippen molar-refractivity contribution in [2.24, 2.45) is 0 Å². The number of thioether (sulfide) groups is 1. The summed E-state index contributed by atoms with van der Waals surface area (Å²) >= 11 is 1.71. The van der Waals surface area contributed by atoms with E-state index in [4.69, 9.17) is 4.74 Å². The van der Waals surface area contributed by atoms with Gasteiger partial charge in [0.2, 0.25) is 15.9 Å². The average molecular weight is 449 g/mol. The number of amides is 1. The third kappa shape index (κ3) is 6.31. The van der Waals surface area contributed by atoms with Crippen LogP contribution in [0.5, 0.6) is 0 Å². The molecule has 1 fully saturated rings. The summed E-state index contributed by atoms with van der Waals surface area (Å²) in [6.45, 7) is 3.50. The molecule has 0 aliphatic carbocycles. The van der Waals surface area contributed by atoms with Crippen LogP contribution >= 0.6 is 11.8 Å². The summed E-state index contributed by atoms with van der Waals surface area (Å²) in [5, 5.41) is 2.77. The van der Waals surface area contributed by atoms with E-state index in [1.165, 1.54) is 12.1 Å². The Morgan fingerprint density at radius 1 is 1.07 bits per heavy atom. The second kappa shape index (κ2) is 10.4. The molecule has 2 aromatic rings. The zero-order valence-corrected chi connectivity index (χ0v) is 18.7. The number of carbonyl (C=O) groups is 1. The van der Waals surface area contributed by atoms with E-state index in [9.17, 15) is 13.2 Å². The number of hydrogen-bond donors (Lipinski definition) is 2. The third-order valence-electron chi connectivity index (χ3n) is 4.99. The summed E-state index contributed by atoms with van der Waals surface area (Å²) in [5.74, 6) is -0.0781. The van der Waals surface area contributed by atoms with Crippen LogP contribution in [0, 0.1) is 0 Å². The molecule has 0 atom stereocenters. The van der Waals surface area contributed by atoms with Gasteiger partial charge >= 0.3 is 0 Å². The zero-order chi connectivity index (χ0) is 21.5. The van der Waals surface area contributed by atoms with Gasteiger partial charge in [-0.1, -0.05) is 25.1 Å². The van der Waals surface area contributed by atoms with E-state index in [2.05, 4.69) is 10.0 Å². The Morgan fingerprint density at radius 3 is 2.37 bits per heavy atom. The first-order valence-corrected chi connectivity index (χ1v) is 12.4. The lowest BCUT2D eigenvalue weighted by Gasteiger charge is -2.36. The molecule has 30 heavy (non-hydrogen) atoms. The van der Waals surface area contributed by atoms with Gasteiger partial charge < -0.3 is 10.1 Å². The molecule has 0 aromatic heterocycles. The van der Waals surface area contributed by atoms with Crippen molar-refractivity contribution >= 4 is 33.4 Å². The molecule has 0 radical (unpaired) electrons.